The molecule has 122 valence electrons. The van der Waals surface area contributed by atoms with Gasteiger partial charge in [-0.1, -0.05) is 24.3 Å². The fourth-order valence-electron chi connectivity index (χ4n) is 1.06. The SMILES string of the molecule is CCO.Cl.NC(N)=N/N=C\c1ccccc1/C=N/N=C(N)N. The molecule has 9 N–H and O–H groups in total. The van der Waals surface area contributed by atoms with Crippen LogP contribution in [-0.2, 0) is 0 Å². The molecule has 9 nitrogen and oxygen atoms in total. The van der Waals surface area contributed by atoms with Crippen LogP contribution in [0, 0.1) is 0 Å². The number of guanidine groups is 2. The second-order valence-corrected chi connectivity index (χ2v) is 3.48. The van der Waals surface area contributed by atoms with Gasteiger partial charge in [0, 0.05) is 17.7 Å². The van der Waals surface area contributed by atoms with Crippen LogP contribution in [0.4, 0.5) is 0 Å². The Bertz CT molecular complexity index is 487. The van der Waals surface area contributed by atoms with Crippen molar-refractivity contribution in [1.29, 1.82) is 0 Å². The highest BCUT2D eigenvalue weighted by molar-refractivity contribution is 5.94. The Kier molecular flexibility index (Phi) is 13.1. The van der Waals surface area contributed by atoms with Crippen LogP contribution in [0.3, 0.4) is 0 Å². The number of hydrogen-bond acceptors (Lipinski definition) is 5. The number of rotatable bonds is 4. The van der Waals surface area contributed by atoms with E-state index in [1.54, 1.807) is 6.92 Å². The number of aliphatic hydroxyl groups excluding tert-OH is 1. The zero-order valence-electron chi connectivity index (χ0n) is 12.1. The molecule has 0 unspecified atom stereocenters. The van der Waals surface area contributed by atoms with Crippen molar-refractivity contribution in [2.45, 2.75) is 6.92 Å². The molecular formula is C12H21ClN8O. The summed E-state index contributed by atoms with van der Waals surface area (Å²) in [4.78, 5) is 0. The molecule has 0 spiro atoms. The second-order valence-electron chi connectivity index (χ2n) is 3.48. The van der Waals surface area contributed by atoms with E-state index in [2.05, 4.69) is 20.4 Å². The van der Waals surface area contributed by atoms with Crippen molar-refractivity contribution >= 4 is 36.8 Å². The highest BCUT2D eigenvalue weighted by Gasteiger charge is 1.95. The standard InChI is InChI=1S/C10H14N8.C2H6O.ClH/c11-9(12)17-15-5-7-3-1-2-4-8(7)6-16-18-10(13)14;1-2-3;/h1-6H,(H4,11,12,17)(H4,13,14,18);3H,2H2,1H3;1H/b15-5-,16-6+;;. The van der Waals surface area contributed by atoms with E-state index in [1.165, 1.54) is 12.4 Å². The van der Waals surface area contributed by atoms with Crippen molar-refractivity contribution in [2.75, 3.05) is 6.61 Å². The smallest absolute Gasteiger partial charge is 0.211 e. The maximum atomic E-state index is 7.57. The van der Waals surface area contributed by atoms with E-state index in [1.807, 2.05) is 24.3 Å². The molecule has 0 aliphatic carbocycles. The number of hydrogen-bond donors (Lipinski definition) is 5. The van der Waals surface area contributed by atoms with Gasteiger partial charge in [-0.25, -0.2) is 0 Å². The van der Waals surface area contributed by atoms with Crippen molar-refractivity contribution in [1.82, 2.24) is 0 Å². The van der Waals surface area contributed by atoms with Gasteiger partial charge in [0.05, 0.1) is 12.4 Å². The van der Waals surface area contributed by atoms with Crippen LogP contribution in [0.25, 0.3) is 0 Å². The lowest BCUT2D eigenvalue weighted by atomic mass is 10.1. The van der Waals surface area contributed by atoms with Crippen LogP contribution in [0.15, 0.2) is 44.7 Å². The normalized spacial score (nSPS) is 9.55. The summed E-state index contributed by atoms with van der Waals surface area (Å²) in [5.74, 6) is -0.226. The van der Waals surface area contributed by atoms with Gasteiger partial charge in [0.15, 0.2) is 0 Å². The van der Waals surface area contributed by atoms with Crippen molar-refractivity contribution in [3.8, 4) is 0 Å². The molecule has 1 rings (SSSR count). The van der Waals surface area contributed by atoms with Gasteiger partial charge in [-0.2, -0.15) is 10.2 Å². The fraction of sp³-hybridized carbons (Fsp3) is 0.167. The second kappa shape index (κ2) is 13.3. The van der Waals surface area contributed by atoms with Crippen molar-refractivity contribution in [3.05, 3.63) is 35.4 Å². The average Bonchev–Trinajstić information content (AvgIpc) is 2.40. The minimum absolute atomic E-state index is 0. The first kappa shape index (κ1) is 21.6. The topological polar surface area (TPSA) is 174 Å². The molecule has 0 atom stereocenters. The summed E-state index contributed by atoms with van der Waals surface area (Å²) in [5.41, 5.74) is 22.2. The summed E-state index contributed by atoms with van der Waals surface area (Å²) >= 11 is 0. The van der Waals surface area contributed by atoms with Gasteiger partial charge in [0.2, 0.25) is 11.9 Å². The van der Waals surface area contributed by atoms with E-state index in [4.69, 9.17) is 28.0 Å². The van der Waals surface area contributed by atoms with Crippen LogP contribution in [0.5, 0.6) is 0 Å². The highest BCUT2D eigenvalue weighted by atomic mass is 35.5. The van der Waals surface area contributed by atoms with Crippen molar-refractivity contribution in [3.63, 3.8) is 0 Å². The van der Waals surface area contributed by atoms with Gasteiger partial charge in [0.25, 0.3) is 0 Å². The number of nitrogens with two attached hydrogens (primary N) is 4. The van der Waals surface area contributed by atoms with Gasteiger partial charge < -0.3 is 28.0 Å². The highest BCUT2D eigenvalue weighted by Crippen LogP contribution is 2.03. The molecule has 0 fully saturated rings. The molecule has 0 bridgehead atoms. The fourth-order valence-corrected chi connectivity index (χ4v) is 1.06. The first-order chi connectivity index (χ1) is 10.0. The molecule has 0 saturated heterocycles. The van der Waals surface area contributed by atoms with Crippen LogP contribution in [0.2, 0.25) is 0 Å². The monoisotopic (exact) mass is 328 g/mol. The lowest BCUT2D eigenvalue weighted by Crippen LogP contribution is -2.21. The minimum atomic E-state index is -0.113. The third-order valence-corrected chi connectivity index (χ3v) is 1.74. The first-order valence-corrected chi connectivity index (χ1v) is 5.95. The number of benzene rings is 1. The molecule has 1 aromatic carbocycles. The molecule has 0 radical (unpaired) electrons. The van der Waals surface area contributed by atoms with E-state index < -0.39 is 0 Å². The first-order valence-electron chi connectivity index (χ1n) is 5.95. The predicted molar refractivity (Wildman–Crippen MR) is 93.3 cm³/mol. The molecule has 0 aliphatic rings. The number of halogens is 1. The van der Waals surface area contributed by atoms with E-state index in [0.29, 0.717) is 0 Å². The summed E-state index contributed by atoms with van der Waals surface area (Å²) in [5, 5.41) is 22.0. The molecular weight excluding hydrogens is 308 g/mol. The van der Waals surface area contributed by atoms with Gasteiger partial charge in [-0.15, -0.1) is 22.6 Å². The van der Waals surface area contributed by atoms with Gasteiger partial charge in [-0.05, 0) is 6.92 Å². The predicted octanol–water partition coefficient (Wildman–Crippen LogP) is -0.678. The minimum Gasteiger partial charge on any atom is -0.397 e. The molecule has 1 aromatic rings. The Balaban J connectivity index is 0. The summed E-state index contributed by atoms with van der Waals surface area (Å²) in [6.45, 7) is 1.93. The van der Waals surface area contributed by atoms with E-state index in [-0.39, 0.29) is 30.9 Å². The summed E-state index contributed by atoms with van der Waals surface area (Å²) < 4.78 is 0. The van der Waals surface area contributed by atoms with Crippen LogP contribution < -0.4 is 22.9 Å². The van der Waals surface area contributed by atoms with Crippen LogP contribution >= 0.6 is 12.4 Å². The number of nitrogens with zero attached hydrogens (tertiary/aromatic N) is 4. The Morgan fingerprint density at radius 3 is 1.55 bits per heavy atom. The average molecular weight is 329 g/mol. The number of aliphatic hydroxyl groups is 1. The summed E-state index contributed by atoms with van der Waals surface area (Å²) in [7, 11) is 0. The third-order valence-electron chi connectivity index (χ3n) is 1.74. The Hall–Kier alpha value is -2.65. The van der Waals surface area contributed by atoms with E-state index >= 15 is 0 Å². The zero-order chi connectivity index (χ0) is 16.1. The van der Waals surface area contributed by atoms with Crippen molar-refractivity contribution in [2.24, 2.45) is 43.3 Å². The molecule has 22 heavy (non-hydrogen) atoms. The van der Waals surface area contributed by atoms with E-state index in [9.17, 15) is 0 Å². The maximum absolute atomic E-state index is 7.57. The van der Waals surface area contributed by atoms with Crippen LogP contribution in [0.1, 0.15) is 18.1 Å². The van der Waals surface area contributed by atoms with E-state index in [0.717, 1.165) is 11.1 Å². The molecule has 10 heteroatoms. The Morgan fingerprint density at radius 2 is 1.27 bits per heavy atom. The summed E-state index contributed by atoms with van der Waals surface area (Å²) in [6, 6.07) is 7.33. The molecule has 0 saturated carbocycles. The Labute approximate surface area is 134 Å². The van der Waals surface area contributed by atoms with Gasteiger partial charge in [0.1, 0.15) is 0 Å². The molecule has 0 amide bonds. The zero-order valence-corrected chi connectivity index (χ0v) is 12.9. The molecule has 0 aromatic heterocycles. The summed E-state index contributed by atoms with van der Waals surface area (Å²) in [6.07, 6.45) is 2.99. The third kappa shape index (κ3) is 11.2. The molecule has 0 heterocycles. The Morgan fingerprint density at radius 1 is 0.955 bits per heavy atom. The van der Waals surface area contributed by atoms with Crippen molar-refractivity contribution < 1.29 is 5.11 Å². The van der Waals surface area contributed by atoms with Gasteiger partial charge >= 0.3 is 0 Å². The quantitative estimate of drug-likeness (QED) is 0.279. The van der Waals surface area contributed by atoms with Crippen LogP contribution in [-0.4, -0.2) is 36.1 Å². The molecule has 0 aliphatic heterocycles. The van der Waals surface area contributed by atoms with Gasteiger partial charge in [-0.3, -0.25) is 0 Å². The lowest BCUT2D eigenvalue weighted by Gasteiger charge is -1.97. The largest absolute Gasteiger partial charge is 0.397 e. The maximum Gasteiger partial charge on any atom is 0.211 e. The lowest BCUT2D eigenvalue weighted by molar-refractivity contribution is 0.318.